The van der Waals surface area contributed by atoms with Crippen molar-refractivity contribution < 1.29 is 27.8 Å². The smallest absolute Gasteiger partial charge is 0.378 e. The Bertz CT molecular complexity index is 769. The lowest BCUT2D eigenvalue weighted by Crippen LogP contribution is -2.43. The van der Waals surface area contributed by atoms with E-state index in [0.717, 1.165) is 0 Å². The number of methoxy groups -OCH3 is 1. The second-order valence-corrected chi connectivity index (χ2v) is 7.71. The number of ether oxygens (including phenoxy) is 1. The van der Waals surface area contributed by atoms with Gasteiger partial charge in [-0.1, -0.05) is 24.0 Å². The summed E-state index contributed by atoms with van der Waals surface area (Å²) in [5, 5.41) is 10.6. The summed E-state index contributed by atoms with van der Waals surface area (Å²) >= 11 is 0. The van der Waals surface area contributed by atoms with Gasteiger partial charge < -0.3 is 14.7 Å². The van der Waals surface area contributed by atoms with E-state index in [4.69, 9.17) is 4.74 Å². The van der Waals surface area contributed by atoms with Crippen molar-refractivity contribution in [2.45, 2.75) is 50.3 Å². The summed E-state index contributed by atoms with van der Waals surface area (Å²) in [6.45, 7) is 0.787. The third kappa shape index (κ3) is 4.50. The van der Waals surface area contributed by atoms with Crippen LogP contribution in [0, 0.1) is 17.3 Å². The Balaban J connectivity index is 1.66. The maximum absolute atomic E-state index is 13.1. The van der Waals surface area contributed by atoms with E-state index in [0.29, 0.717) is 44.3 Å². The average molecular weight is 395 g/mol. The summed E-state index contributed by atoms with van der Waals surface area (Å²) in [7, 11) is 1.54. The zero-order valence-electron chi connectivity index (χ0n) is 15.8. The van der Waals surface area contributed by atoms with Crippen LogP contribution >= 0.6 is 0 Å². The van der Waals surface area contributed by atoms with E-state index in [1.165, 1.54) is 19.2 Å². The van der Waals surface area contributed by atoms with Crippen molar-refractivity contribution in [3.8, 4) is 11.8 Å². The molecule has 1 aromatic rings. The molecule has 4 nitrogen and oxygen atoms in total. The number of amides is 1. The molecule has 0 radical (unpaired) electrons. The summed E-state index contributed by atoms with van der Waals surface area (Å²) in [5.74, 6) is 5.63. The van der Waals surface area contributed by atoms with Crippen molar-refractivity contribution in [2.24, 2.45) is 5.41 Å². The first kappa shape index (κ1) is 20.7. The first-order chi connectivity index (χ1) is 13.2. The zero-order valence-corrected chi connectivity index (χ0v) is 15.8. The minimum Gasteiger partial charge on any atom is -0.378 e. The molecular formula is C21H24F3NO3. The van der Waals surface area contributed by atoms with Crippen LogP contribution in [0.5, 0.6) is 0 Å². The molecule has 1 saturated heterocycles. The Labute approximate surface area is 162 Å². The van der Waals surface area contributed by atoms with Crippen LogP contribution in [0.25, 0.3) is 0 Å². The van der Waals surface area contributed by atoms with Crippen LogP contribution in [0.15, 0.2) is 24.3 Å². The van der Waals surface area contributed by atoms with Gasteiger partial charge in [-0.25, -0.2) is 0 Å². The highest BCUT2D eigenvalue weighted by atomic mass is 19.4. The fraction of sp³-hybridized carbons (Fsp3) is 0.571. The van der Waals surface area contributed by atoms with Crippen LogP contribution in [0.3, 0.4) is 0 Å². The molecule has 1 saturated carbocycles. The molecule has 2 aliphatic rings. The Hall–Kier alpha value is -2.04. The van der Waals surface area contributed by atoms with Crippen LogP contribution in [0.4, 0.5) is 18.9 Å². The summed E-state index contributed by atoms with van der Waals surface area (Å²) in [6, 6.07) is 6.00. The fourth-order valence-corrected chi connectivity index (χ4v) is 4.10. The Kier molecular flexibility index (Phi) is 5.74. The Morgan fingerprint density at radius 2 is 1.79 bits per heavy atom. The van der Waals surface area contributed by atoms with Crippen molar-refractivity contribution in [3.63, 3.8) is 0 Å². The number of aliphatic hydroxyl groups is 1. The SMILES string of the molecule is COCC#CC1(O)CCC2(CCN(c3ccc(CC(F)(F)F)cc3)C2=O)CC1. The fourth-order valence-electron chi connectivity index (χ4n) is 4.10. The largest absolute Gasteiger partial charge is 0.393 e. The maximum Gasteiger partial charge on any atom is 0.393 e. The number of alkyl halides is 3. The van der Waals surface area contributed by atoms with Crippen LogP contribution in [0.1, 0.15) is 37.7 Å². The van der Waals surface area contributed by atoms with Crippen molar-refractivity contribution in [1.29, 1.82) is 0 Å². The highest BCUT2D eigenvalue weighted by Gasteiger charge is 2.51. The maximum atomic E-state index is 13.1. The van der Waals surface area contributed by atoms with Crippen LogP contribution in [-0.4, -0.2) is 43.1 Å². The number of carbonyl (C=O) groups excluding carboxylic acids is 1. The number of halogens is 3. The molecule has 1 aromatic carbocycles. The molecule has 1 amide bonds. The molecule has 3 rings (SSSR count). The molecule has 7 heteroatoms. The molecule has 1 aliphatic heterocycles. The lowest BCUT2D eigenvalue weighted by atomic mass is 9.68. The number of carbonyl (C=O) groups is 1. The summed E-state index contributed by atoms with van der Waals surface area (Å²) < 4.78 is 42.4. The van der Waals surface area contributed by atoms with Crippen LogP contribution in [0.2, 0.25) is 0 Å². The predicted molar refractivity (Wildman–Crippen MR) is 98.7 cm³/mol. The highest BCUT2D eigenvalue weighted by Crippen LogP contribution is 2.48. The molecule has 1 heterocycles. The second kappa shape index (κ2) is 7.76. The highest BCUT2D eigenvalue weighted by molar-refractivity contribution is 6.00. The van der Waals surface area contributed by atoms with Gasteiger partial charge in [0, 0.05) is 19.3 Å². The van der Waals surface area contributed by atoms with Gasteiger partial charge in [-0.3, -0.25) is 4.79 Å². The number of benzene rings is 1. The van der Waals surface area contributed by atoms with E-state index in [1.807, 2.05) is 0 Å². The third-order valence-corrected chi connectivity index (χ3v) is 5.74. The van der Waals surface area contributed by atoms with Crippen LogP contribution < -0.4 is 4.90 Å². The molecule has 1 spiro atoms. The summed E-state index contributed by atoms with van der Waals surface area (Å²) in [4.78, 5) is 14.7. The topological polar surface area (TPSA) is 49.8 Å². The quantitative estimate of drug-likeness (QED) is 0.798. The van der Waals surface area contributed by atoms with Gasteiger partial charge in [-0.05, 0) is 49.8 Å². The molecule has 1 N–H and O–H groups in total. The summed E-state index contributed by atoms with van der Waals surface area (Å²) in [5.41, 5.74) is -0.806. The van der Waals surface area contributed by atoms with Gasteiger partial charge in [0.2, 0.25) is 5.91 Å². The lowest BCUT2D eigenvalue weighted by Gasteiger charge is -2.38. The molecular weight excluding hydrogens is 371 g/mol. The number of hydrogen-bond donors (Lipinski definition) is 1. The van der Waals surface area contributed by atoms with Crippen molar-refractivity contribution in [2.75, 3.05) is 25.2 Å². The van der Waals surface area contributed by atoms with Crippen LogP contribution in [-0.2, 0) is 16.0 Å². The molecule has 0 bridgehead atoms. The average Bonchev–Trinajstić information content (AvgIpc) is 2.95. The number of rotatable bonds is 3. The van der Waals surface area contributed by atoms with Gasteiger partial charge >= 0.3 is 6.18 Å². The minimum absolute atomic E-state index is 0.0111. The van der Waals surface area contributed by atoms with Gasteiger partial charge in [0.25, 0.3) is 0 Å². The first-order valence-corrected chi connectivity index (χ1v) is 9.35. The van der Waals surface area contributed by atoms with E-state index in [9.17, 15) is 23.1 Å². The monoisotopic (exact) mass is 395 g/mol. The lowest BCUT2D eigenvalue weighted by molar-refractivity contribution is -0.129. The third-order valence-electron chi connectivity index (χ3n) is 5.74. The van der Waals surface area contributed by atoms with E-state index in [2.05, 4.69) is 11.8 Å². The van der Waals surface area contributed by atoms with E-state index in [-0.39, 0.29) is 18.1 Å². The van der Waals surface area contributed by atoms with Gasteiger partial charge in [-0.15, -0.1) is 0 Å². The molecule has 0 atom stereocenters. The Morgan fingerprint density at radius 3 is 2.36 bits per heavy atom. The van der Waals surface area contributed by atoms with Crippen molar-refractivity contribution >= 4 is 11.6 Å². The standard InChI is InChI=1S/C21H24F3NO3/c1-28-14-2-7-20(27)10-8-19(9-11-20)12-13-25(18(19)26)17-5-3-16(4-6-17)15-21(22,23)24/h3-6,27H,8-15H2,1H3. The first-order valence-electron chi connectivity index (χ1n) is 9.35. The number of nitrogens with zero attached hydrogens (tertiary/aromatic N) is 1. The Morgan fingerprint density at radius 1 is 1.14 bits per heavy atom. The van der Waals surface area contributed by atoms with Gasteiger partial charge in [-0.2, -0.15) is 13.2 Å². The van der Waals surface area contributed by atoms with Crippen molar-refractivity contribution in [3.05, 3.63) is 29.8 Å². The molecule has 0 aromatic heterocycles. The molecule has 28 heavy (non-hydrogen) atoms. The van der Waals surface area contributed by atoms with Gasteiger partial charge in [0.15, 0.2) is 0 Å². The summed E-state index contributed by atoms with van der Waals surface area (Å²) in [6.07, 6.45) is -2.60. The zero-order chi connectivity index (χ0) is 20.4. The molecule has 1 aliphatic carbocycles. The van der Waals surface area contributed by atoms with Gasteiger partial charge in [0.05, 0.1) is 11.8 Å². The molecule has 152 valence electrons. The van der Waals surface area contributed by atoms with Crippen molar-refractivity contribution in [1.82, 2.24) is 0 Å². The minimum atomic E-state index is -4.25. The predicted octanol–water partition coefficient (Wildman–Crippen LogP) is 3.47. The molecule has 0 unspecified atom stereocenters. The number of hydrogen-bond acceptors (Lipinski definition) is 3. The van der Waals surface area contributed by atoms with E-state index < -0.39 is 23.6 Å². The van der Waals surface area contributed by atoms with E-state index in [1.54, 1.807) is 17.0 Å². The molecule has 2 fully saturated rings. The number of anilines is 1. The van der Waals surface area contributed by atoms with E-state index >= 15 is 0 Å². The normalized spacial score (nSPS) is 27.8. The van der Waals surface area contributed by atoms with Gasteiger partial charge in [0.1, 0.15) is 12.2 Å². The second-order valence-electron chi connectivity index (χ2n) is 7.71.